The molecule has 1 aliphatic heterocycles. The van der Waals surface area contributed by atoms with Gasteiger partial charge in [-0.1, -0.05) is 57.9 Å². The summed E-state index contributed by atoms with van der Waals surface area (Å²) < 4.78 is 0. The van der Waals surface area contributed by atoms with Crippen LogP contribution in [0.2, 0.25) is 0 Å². The van der Waals surface area contributed by atoms with Gasteiger partial charge in [-0.15, -0.1) is 0 Å². The van der Waals surface area contributed by atoms with Gasteiger partial charge in [0.15, 0.2) is 0 Å². The summed E-state index contributed by atoms with van der Waals surface area (Å²) in [6.07, 6.45) is 5.48. The van der Waals surface area contributed by atoms with E-state index in [0.717, 1.165) is 31.2 Å². The van der Waals surface area contributed by atoms with Crippen LogP contribution in [0.4, 0.5) is 5.69 Å². The number of rotatable bonds is 5. The first kappa shape index (κ1) is 24.2. The van der Waals surface area contributed by atoms with Gasteiger partial charge in [-0.25, -0.2) is 0 Å². The van der Waals surface area contributed by atoms with E-state index in [1.807, 2.05) is 12.1 Å². The average molecular weight is 450 g/mol. The van der Waals surface area contributed by atoms with Crippen molar-refractivity contribution in [3.05, 3.63) is 81.0 Å². The van der Waals surface area contributed by atoms with Gasteiger partial charge in [-0.05, 0) is 47.6 Å². The third-order valence-electron chi connectivity index (χ3n) is 5.78. The number of nitro groups is 1. The Morgan fingerprint density at radius 1 is 1.00 bits per heavy atom. The van der Waals surface area contributed by atoms with Gasteiger partial charge >= 0.3 is 0 Å². The molecule has 0 aliphatic carbocycles. The van der Waals surface area contributed by atoms with Crippen molar-refractivity contribution in [2.75, 3.05) is 13.1 Å². The highest BCUT2D eigenvalue weighted by atomic mass is 16.6. The molecule has 33 heavy (non-hydrogen) atoms. The zero-order chi connectivity index (χ0) is 24.0. The molecule has 0 radical (unpaired) electrons. The SMILES string of the molecule is CC(C)(C)c1ccc(C(=O)NC(=Cc2cccc([N+](=O)[O-])c2)C(=O)N2CCCCCC2)cc1. The number of nitrogens with zero attached hydrogens (tertiary/aromatic N) is 2. The first-order chi connectivity index (χ1) is 15.6. The summed E-state index contributed by atoms with van der Waals surface area (Å²) in [5.41, 5.74) is 2.02. The number of hydrogen-bond donors (Lipinski definition) is 1. The van der Waals surface area contributed by atoms with Crippen molar-refractivity contribution in [3.63, 3.8) is 0 Å². The Balaban J connectivity index is 1.90. The predicted molar refractivity (Wildman–Crippen MR) is 129 cm³/mol. The minimum atomic E-state index is -0.483. The smallest absolute Gasteiger partial charge is 0.270 e. The number of nitro benzene ring substituents is 1. The minimum absolute atomic E-state index is 0.0369. The van der Waals surface area contributed by atoms with Gasteiger partial charge in [0.2, 0.25) is 0 Å². The Morgan fingerprint density at radius 3 is 2.21 bits per heavy atom. The van der Waals surface area contributed by atoms with E-state index in [1.54, 1.807) is 29.2 Å². The maximum atomic E-state index is 13.3. The molecule has 1 heterocycles. The number of carbonyl (C=O) groups is 2. The predicted octanol–water partition coefficient (Wildman–Crippen LogP) is 5.07. The summed E-state index contributed by atoms with van der Waals surface area (Å²) in [6, 6.07) is 13.3. The van der Waals surface area contributed by atoms with Gasteiger partial charge in [-0.2, -0.15) is 0 Å². The zero-order valence-corrected chi connectivity index (χ0v) is 19.5. The van der Waals surface area contributed by atoms with Crippen LogP contribution in [0.25, 0.3) is 6.08 Å². The standard InChI is InChI=1S/C26H31N3O4/c1-26(2,3)21-13-11-20(12-14-21)24(30)27-23(25(31)28-15-6-4-5-7-16-28)18-19-9-8-10-22(17-19)29(32)33/h8-14,17-18H,4-7,15-16H2,1-3H3,(H,27,30). The first-order valence-corrected chi connectivity index (χ1v) is 11.3. The molecule has 0 unspecified atom stereocenters. The fraction of sp³-hybridized carbons (Fsp3) is 0.385. The van der Waals surface area contributed by atoms with Crippen molar-refractivity contribution in [2.24, 2.45) is 0 Å². The lowest BCUT2D eigenvalue weighted by Gasteiger charge is -2.22. The molecule has 0 saturated carbocycles. The van der Waals surface area contributed by atoms with Gasteiger partial charge in [0.25, 0.3) is 17.5 Å². The molecule has 7 heteroatoms. The monoisotopic (exact) mass is 449 g/mol. The van der Waals surface area contributed by atoms with E-state index < -0.39 is 10.8 Å². The average Bonchev–Trinajstić information content (AvgIpc) is 3.07. The highest BCUT2D eigenvalue weighted by molar-refractivity contribution is 6.05. The van der Waals surface area contributed by atoms with Crippen LogP contribution in [0.15, 0.2) is 54.2 Å². The van der Waals surface area contributed by atoms with E-state index in [-0.39, 0.29) is 22.7 Å². The molecule has 7 nitrogen and oxygen atoms in total. The molecule has 2 amide bonds. The molecule has 174 valence electrons. The van der Waals surface area contributed by atoms with Crippen molar-refractivity contribution in [2.45, 2.75) is 51.9 Å². The van der Waals surface area contributed by atoms with Crippen molar-refractivity contribution >= 4 is 23.6 Å². The zero-order valence-electron chi connectivity index (χ0n) is 19.5. The number of hydrogen-bond acceptors (Lipinski definition) is 4. The highest BCUT2D eigenvalue weighted by Crippen LogP contribution is 2.23. The van der Waals surface area contributed by atoms with Crippen LogP contribution in [-0.2, 0) is 10.2 Å². The Bertz CT molecular complexity index is 1040. The molecule has 2 aromatic carbocycles. The van der Waals surface area contributed by atoms with E-state index >= 15 is 0 Å². The molecule has 2 aromatic rings. The number of carbonyl (C=O) groups excluding carboxylic acids is 2. The minimum Gasteiger partial charge on any atom is -0.337 e. The summed E-state index contributed by atoms with van der Waals surface area (Å²) in [5.74, 6) is -0.668. The Labute approximate surface area is 194 Å². The quantitative estimate of drug-likeness (QED) is 0.392. The van der Waals surface area contributed by atoms with Crippen LogP contribution in [0.3, 0.4) is 0 Å². The van der Waals surface area contributed by atoms with Crippen LogP contribution >= 0.6 is 0 Å². The van der Waals surface area contributed by atoms with Crippen molar-refractivity contribution in [3.8, 4) is 0 Å². The van der Waals surface area contributed by atoms with E-state index in [0.29, 0.717) is 24.2 Å². The van der Waals surface area contributed by atoms with Crippen LogP contribution < -0.4 is 5.32 Å². The first-order valence-electron chi connectivity index (χ1n) is 11.3. The Morgan fingerprint density at radius 2 is 1.64 bits per heavy atom. The molecule has 1 aliphatic rings. The van der Waals surface area contributed by atoms with Crippen LogP contribution in [0, 0.1) is 10.1 Å². The number of likely N-dealkylation sites (tertiary alicyclic amines) is 1. The molecule has 3 rings (SSSR count). The third kappa shape index (κ3) is 6.51. The summed E-state index contributed by atoms with van der Waals surface area (Å²) in [7, 11) is 0. The summed E-state index contributed by atoms with van der Waals surface area (Å²) in [4.78, 5) is 38.8. The summed E-state index contributed by atoms with van der Waals surface area (Å²) >= 11 is 0. The molecular formula is C26H31N3O4. The summed E-state index contributed by atoms with van der Waals surface area (Å²) in [6.45, 7) is 7.55. The van der Waals surface area contributed by atoms with E-state index in [2.05, 4.69) is 26.1 Å². The van der Waals surface area contributed by atoms with Gasteiger partial charge < -0.3 is 10.2 Å². The summed E-state index contributed by atoms with van der Waals surface area (Å²) in [5, 5.41) is 13.9. The van der Waals surface area contributed by atoms with Crippen LogP contribution in [0.1, 0.15) is 67.9 Å². The molecule has 0 aromatic heterocycles. The van der Waals surface area contributed by atoms with Gasteiger partial charge in [-0.3, -0.25) is 19.7 Å². The largest absolute Gasteiger partial charge is 0.337 e. The Hall–Kier alpha value is -3.48. The Kier molecular flexibility index (Phi) is 7.63. The molecule has 1 saturated heterocycles. The van der Waals surface area contributed by atoms with E-state index in [4.69, 9.17) is 0 Å². The van der Waals surface area contributed by atoms with Crippen molar-refractivity contribution in [1.82, 2.24) is 10.2 Å². The fourth-order valence-corrected chi connectivity index (χ4v) is 3.81. The second kappa shape index (κ2) is 10.4. The normalized spacial score (nSPS) is 15.0. The molecule has 0 bridgehead atoms. The lowest BCUT2D eigenvalue weighted by molar-refractivity contribution is -0.384. The maximum Gasteiger partial charge on any atom is 0.270 e. The van der Waals surface area contributed by atoms with Gasteiger partial charge in [0.1, 0.15) is 5.70 Å². The van der Waals surface area contributed by atoms with Gasteiger partial charge in [0.05, 0.1) is 4.92 Å². The topological polar surface area (TPSA) is 92.5 Å². The van der Waals surface area contributed by atoms with Crippen molar-refractivity contribution < 1.29 is 14.5 Å². The highest BCUT2D eigenvalue weighted by Gasteiger charge is 2.22. The number of non-ortho nitro benzene ring substituents is 1. The van der Waals surface area contributed by atoms with Crippen LogP contribution in [-0.4, -0.2) is 34.7 Å². The molecule has 1 N–H and O–H groups in total. The number of amides is 2. The number of benzene rings is 2. The lowest BCUT2D eigenvalue weighted by Crippen LogP contribution is -2.39. The number of nitrogens with one attached hydrogen (secondary N) is 1. The van der Waals surface area contributed by atoms with Gasteiger partial charge in [0, 0.05) is 30.8 Å². The second-order valence-electron chi connectivity index (χ2n) is 9.40. The van der Waals surface area contributed by atoms with E-state index in [9.17, 15) is 19.7 Å². The maximum absolute atomic E-state index is 13.3. The fourth-order valence-electron chi connectivity index (χ4n) is 3.81. The third-order valence-corrected chi connectivity index (χ3v) is 5.78. The molecule has 0 atom stereocenters. The van der Waals surface area contributed by atoms with Crippen LogP contribution in [0.5, 0.6) is 0 Å². The lowest BCUT2D eigenvalue weighted by atomic mass is 9.87. The molecule has 1 fully saturated rings. The van der Waals surface area contributed by atoms with Crippen molar-refractivity contribution in [1.29, 1.82) is 0 Å². The molecular weight excluding hydrogens is 418 g/mol. The molecule has 0 spiro atoms. The second-order valence-corrected chi connectivity index (χ2v) is 9.40. The van der Waals surface area contributed by atoms with E-state index in [1.165, 1.54) is 18.2 Å².